The number of nitrogens with zero attached hydrogens (tertiary/aromatic N) is 1. The van der Waals surface area contributed by atoms with E-state index in [4.69, 9.17) is 4.99 Å². The first-order chi connectivity index (χ1) is 8.70. The molecule has 0 aromatic heterocycles. The van der Waals surface area contributed by atoms with E-state index in [1.165, 1.54) is 25.7 Å². The molecule has 0 aromatic rings. The van der Waals surface area contributed by atoms with Gasteiger partial charge in [-0.15, -0.1) is 0 Å². The van der Waals surface area contributed by atoms with E-state index >= 15 is 0 Å². The number of amidine groups is 1. The highest BCUT2D eigenvalue weighted by molar-refractivity contribution is 8.13. The minimum atomic E-state index is -0.198. The van der Waals surface area contributed by atoms with E-state index in [9.17, 15) is 4.79 Å². The Morgan fingerprint density at radius 1 is 1.50 bits per heavy atom. The number of likely N-dealkylation sites (N-methyl/N-ethyl adjacent to an activating group) is 1. The van der Waals surface area contributed by atoms with Gasteiger partial charge in [-0.1, -0.05) is 24.6 Å². The van der Waals surface area contributed by atoms with Crippen molar-refractivity contribution in [2.75, 3.05) is 12.3 Å². The highest BCUT2D eigenvalue weighted by Gasteiger charge is 2.29. The summed E-state index contributed by atoms with van der Waals surface area (Å²) >= 11 is 1.77. The Balaban J connectivity index is 1.89. The monoisotopic (exact) mass is 269 g/mol. The van der Waals surface area contributed by atoms with Crippen LogP contribution in [0.3, 0.4) is 0 Å². The van der Waals surface area contributed by atoms with Gasteiger partial charge in [-0.25, -0.2) is 0 Å². The molecule has 1 amide bonds. The van der Waals surface area contributed by atoms with Crippen LogP contribution < -0.4 is 10.6 Å². The van der Waals surface area contributed by atoms with Crippen molar-refractivity contribution >= 4 is 22.8 Å². The van der Waals surface area contributed by atoms with Crippen molar-refractivity contribution in [2.45, 2.75) is 51.6 Å². The fraction of sp³-hybridized carbons (Fsp3) is 0.846. The van der Waals surface area contributed by atoms with Gasteiger partial charge in [0.05, 0.1) is 6.04 Å². The number of fused-ring (bicyclic) bond motifs is 1. The molecular formula is C13H23N3OS. The van der Waals surface area contributed by atoms with Gasteiger partial charge in [-0.3, -0.25) is 9.79 Å². The summed E-state index contributed by atoms with van der Waals surface area (Å²) in [6.45, 7) is 4.50. The van der Waals surface area contributed by atoms with Crippen LogP contribution in [0.25, 0.3) is 0 Å². The van der Waals surface area contributed by atoms with E-state index in [0.717, 1.165) is 16.8 Å². The maximum absolute atomic E-state index is 11.7. The molecule has 3 atom stereocenters. The number of nitrogens with one attached hydrogen (secondary N) is 2. The summed E-state index contributed by atoms with van der Waals surface area (Å²) in [6, 6.07) is 0.292. The van der Waals surface area contributed by atoms with Gasteiger partial charge in [0.25, 0.3) is 0 Å². The van der Waals surface area contributed by atoms with Crippen molar-refractivity contribution in [1.82, 2.24) is 10.6 Å². The minimum absolute atomic E-state index is 0.0477. The second kappa shape index (κ2) is 6.45. The number of amides is 1. The van der Waals surface area contributed by atoms with E-state index in [2.05, 4.69) is 10.6 Å². The van der Waals surface area contributed by atoms with Gasteiger partial charge in [0.2, 0.25) is 5.91 Å². The zero-order chi connectivity index (χ0) is 13.0. The molecule has 0 saturated heterocycles. The molecule has 1 heterocycles. The van der Waals surface area contributed by atoms with Crippen molar-refractivity contribution in [3.05, 3.63) is 0 Å². The Morgan fingerprint density at radius 3 is 3.06 bits per heavy atom. The summed E-state index contributed by atoms with van der Waals surface area (Å²) in [5.41, 5.74) is 0. The Labute approximate surface area is 113 Å². The van der Waals surface area contributed by atoms with Gasteiger partial charge in [-0.05, 0) is 32.6 Å². The van der Waals surface area contributed by atoms with Crippen LogP contribution in [0.4, 0.5) is 0 Å². The summed E-state index contributed by atoms with van der Waals surface area (Å²) in [4.78, 5) is 16.4. The maximum Gasteiger partial charge on any atom is 0.242 e. The number of rotatable bonds is 3. The number of aliphatic imine (C=N–C) groups is 1. The molecule has 5 heteroatoms. The molecule has 1 fully saturated rings. The Bertz CT molecular complexity index is 332. The van der Waals surface area contributed by atoms with Crippen molar-refractivity contribution in [3.8, 4) is 0 Å². The van der Waals surface area contributed by atoms with Gasteiger partial charge >= 0.3 is 0 Å². The molecule has 4 nitrogen and oxygen atoms in total. The fourth-order valence-electron chi connectivity index (χ4n) is 2.58. The average Bonchev–Trinajstić information content (AvgIpc) is 2.39. The van der Waals surface area contributed by atoms with E-state index < -0.39 is 0 Å². The van der Waals surface area contributed by atoms with Crippen LogP contribution in [0.15, 0.2) is 4.99 Å². The van der Waals surface area contributed by atoms with Crippen molar-refractivity contribution < 1.29 is 4.79 Å². The topological polar surface area (TPSA) is 53.5 Å². The number of hydrogen-bond acceptors (Lipinski definition) is 4. The molecular weight excluding hydrogens is 246 g/mol. The summed E-state index contributed by atoms with van der Waals surface area (Å²) in [5, 5.41) is 7.02. The van der Waals surface area contributed by atoms with E-state index in [0.29, 0.717) is 12.6 Å². The second-order valence-electron chi connectivity index (χ2n) is 5.12. The maximum atomic E-state index is 11.7. The molecule has 0 radical (unpaired) electrons. The predicted molar refractivity (Wildman–Crippen MR) is 76.9 cm³/mol. The van der Waals surface area contributed by atoms with Crippen molar-refractivity contribution in [2.24, 2.45) is 10.9 Å². The lowest BCUT2D eigenvalue weighted by Crippen LogP contribution is -2.45. The van der Waals surface area contributed by atoms with Crippen molar-refractivity contribution in [3.63, 3.8) is 0 Å². The first kappa shape index (κ1) is 13.7. The van der Waals surface area contributed by atoms with Crippen LogP contribution in [-0.2, 0) is 4.79 Å². The van der Waals surface area contributed by atoms with Crippen molar-refractivity contribution in [1.29, 1.82) is 0 Å². The molecule has 2 aliphatic rings. The van der Waals surface area contributed by atoms with Gasteiger partial charge in [0.1, 0.15) is 6.04 Å². The van der Waals surface area contributed by atoms with E-state index in [1.54, 1.807) is 11.8 Å². The van der Waals surface area contributed by atoms with Crippen LogP contribution in [-0.4, -0.2) is 35.5 Å². The Hall–Kier alpha value is -0.710. The van der Waals surface area contributed by atoms with Gasteiger partial charge in [0.15, 0.2) is 5.17 Å². The molecule has 1 aliphatic heterocycles. The van der Waals surface area contributed by atoms with Gasteiger partial charge in [-0.2, -0.15) is 0 Å². The first-order valence-electron chi connectivity index (χ1n) is 6.95. The number of hydrogen-bond donors (Lipinski definition) is 2. The average molecular weight is 269 g/mol. The highest BCUT2D eigenvalue weighted by atomic mass is 32.2. The van der Waals surface area contributed by atoms with Crippen LogP contribution in [0.5, 0.6) is 0 Å². The molecule has 3 unspecified atom stereocenters. The summed E-state index contributed by atoms with van der Waals surface area (Å²) in [6.07, 6.45) is 5.19. The Morgan fingerprint density at radius 2 is 2.28 bits per heavy atom. The van der Waals surface area contributed by atoms with Crippen LogP contribution in [0.2, 0.25) is 0 Å². The smallest absolute Gasteiger partial charge is 0.242 e. The summed E-state index contributed by atoms with van der Waals surface area (Å²) in [7, 11) is 0. The molecule has 0 aromatic carbocycles. The first-order valence-corrected chi connectivity index (χ1v) is 7.94. The third kappa shape index (κ3) is 3.40. The molecule has 1 saturated carbocycles. The predicted octanol–water partition coefficient (Wildman–Crippen LogP) is 1.76. The standard InChI is InChI=1S/C13H23N3OS/c1-3-14-12(17)9(2)15-13-16-11-7-5-4-6-10(11)8-18-13/h9-11H,3-8H2,1-2H3,(H,14,17)(H,15,16). The largest absolute Gasteiger partial charge is 0.355 e. The number of thioether (sulfide) groups is 1. The molecule has 2 N–H and O–H groups in total. The second-order valence-corrected chi connectivity index (χ2v) is 6.13. The summed E-state index contributed by atoms with van der Waals surface area (Å²) < 4.78 is 0. The van der Waals surface area contributed by atoms with Crippen LogP contribution in [0, 0.1) is 5.92 Å². The lowest BCUT2D eigenvalue weighted by molar-refractivity contribution is -0.122. The van der Waals surface area contributed by atoms with Crippen LogP contribution in [0.1, 0.15) is 39.5 Å². The number of carbonyl (C=O) groups is 1. The molecule has 102 valence electrons. The zero-order valence-electron chi connectivity index (χ0n) is 11.2. The molecule has 1 aliphatic carbocycles. The minimum Gasteiger partial charge on any atom is -0.355 e. The zero-order valence-corrected chi connectivity index (χ0v) is 12.1. The molecule has 18 heavy (non-hydrogen) atoms. The quantitative estimate of drug-likeness (QED) is 0.821. The summed E-state index contributed by atoms with van der Waals surface area (Å²) in [5.74, 6) is 1.96. The lowest BCUT2D eigenvalue weighted by atomic mass is 9.86. The van der Waals surface area contributed by atoms with Gasteiger partial charge in [0, 0.05) is 12.3 Å². The molecule has 0 spiro atoms. The number of carbonyl (C=O) groups excluding carboxylic acids is 1. The SMILES string of the molecule is CCNC(=O)C(C)NC1=NC2CCCCC2CS1. The lowest BCUT2D eigenvalue weighted by Gasteiger charge is -2.33. The molecule has 0 bridgehead atoms. The Kier molecular flexibility index (Phi) is 4.92. The molecule has 2 rings (SSSR count). The van der Waals surface area contributed by atoms with Gasteiger partial charge < -0.3 is 10.6 Å². The van der Waals surface area contributed by atoms with E-state index in [-0.39, 0.29) is 11.9 Å². The van der Waals surface area contributed by atoms with E-state index in [1.807, 2.05) is 13.8 Å². The van der Waals surface area contributed by atoms with Crippen LogP contribution >= 0.6 is 11.8 Å². The third-order valence-electron chi connectivity index (χ3n) is 3.67. The third-order valence-corrected chi connectivity index (χ3v) is 4.76. The normalized spacial score (nSPS) is 28.9. The fourth-order valence-corrected chi connectivity index (χ4v) is 3.81. The highest BCUT2D eigenvalue weighted by Crippen LogP contribution is 2.33.